The molecule has 0 saturated heterocycles. The summed E-state index contributed by atoms with van der Waals surface area (Å²) in [5.74, 6) is 0. The molecule has 4 nitrogen and oxygen atoms in total. The minimum Gasteiger partial charge on any atom is -0.326 e. The SMILES string of the molecule is CN(C)S(=O)(=O)c1cc(CN)ccc1Br. The van der Waals surface area contributed by atoms with Gasteiger partial charge in [-0.05, 0) is 33.6 Å². The first-order valence-electron chi connectivity index (χ1n) is 4.30. The fourth-order valence-corrected chi connectivity index (χ4v) is 2.94. The summed E-state index contributed by atoms with van der Waals surface area (Å²) in [6.07, 6.45) is 0. The number of rotatable bonds is 3. The Balaban J connectivity index is 3.37. The Hall–Kier alpha value is -0.430. The van der Waals surface area contributed by atoms with Crippen LogP contribution in [0.4, 0.5) is 0 Å². The van der Waals surface area contributed by atoms with Gasteiger partial charge in [-0.3, -0.25) is 0 Å². The van der Waals surface area contributed by atoms with Gasteiger partial charge in [-0.1, -0.05) is 6.07 Å². The summed E-state index contributed by atoms with van der Waals surface area (Å²) in [4.78, 5) is 0.246. The van der Waals surface area contributed by atoms with Crippen molar-refractivity contribution in [3.05, 3.63) is 28.2 Å². The maximum atomic E-state index is 11.9. The zero-order valence-electron chi connectivity index (χ0n) is 8.57. The molecule has 84 valence electrons. The van der Waals surface area contributed by atoms with Gasteiger partial charge in [-0.2, -0.15) is 0 Å². The third kappa shape index (κ3) is 2.57. The molecule has 2 N–H and O–H groups in total. The summed E-state index contributed by atoms with van der Waals surface area (Å²) < 4.78 is 25.5. The molecule has 0 fully saturated rings. The van der Waals surface area contributed by atoms with Gasteiger partial charge in [-0.25, -0.2) is 12.7 Å². The topological polar surface area (TPSA) is 63.4 Å². The predicted octanol–water partition coefficient (Wildman–Crippen LogP) is 1.16. The monoisotopic (exact) mass is 292 g/mol. The second-order valence-electron chi connectivity index (χ2n) is 3.26. The van der Waals surface area contributed by atoms with Gasteiger partial charge >= 0.3 is 0 Å². The molecule has 0 spiro atoms. The van der Waals surface area contributed by atoms with Crippen LogP contribution in [0.1, 0.15) is 5.56 Å². The lowest BCUT2D eigenvalue weighted by atomic mass is 10.2. The maximum Gasteiger partial charge on any atom is 0.243 e. The maximum absolute atomic E-state index is 11.9. The first kappa shape index (κ1) is 12.6. The molecule has 6 heteroatoms. The van der Waals surface area contributed by atoms with Crippen molar-refractivity contribution in [2.75, 3.05) is 14.1 Å². The minimum atomic E-state index is -3.41. The smallest absolute Gasteiger partial charge is 0.243 e. The van der Waals surface area contributed by atoms with E-state index in [0.29, 0.717) is 11.0 Å². The molecular weight excluding hydrogens is 280 g/mol. The number of halogens is 1. The van der Waals surface area contributed by atoms with Crippen LogP contribution in [0.15, 0.2) is 27.6 Å². The third-order valence-corrected chi connectivity index (χ3v) is 4.80. The molecule has 0 amide bonds. The Morgan fingerprint density at radius 1 is 1.40 bits per heavy atom. The van der Waals surface area contributed by atoms with Gasteiger partial charge in [0, 0.05) is 25.1 Å². The summed E-state index contributed by atoms with van der Waals surface area (Å²) in [7, 11) is -0.415. The van der Waals surface area contributed by atoms with E-state index < -0.39 is 10.0 Å². The molecule has 0 atom stereocenters. The molecule has 1 rings (SSSR count). The number of benzene rings is 1. The highest BCUT2D eigenvalue weighted by atomic mass is 79.9. The van der Waals surface area contributed by atoms with E-state index >= 15 is 0 Å². The average Bonchev–Trinajstić information content (AvgIpc) is 2.18. The Labute approximate surface area is 98.3 Å². The number of nitrogens with zero attached hydrogens (tertiary/aromatic N) is 1. The Kier molecular flexibility index (Phi) is 3.88. The van der Waals surface area contributed by atoms with Crippen LogP contribution < -0.4 is 5.73 Å². The summed E-state index contributed by atoms with van der Waals surface area (Å²) in [6, 6.07) is 5.07. The zero-order chi connectivity index (χ0) is 11.6. The van der Waals surface area contributed by atoms with Crippen molar-refractivity contribution < 1.29 is 8.42 Å². The molecule has 0 unspecified atom stereocenters. The first-order chi connectivity index (χ1) is 6.89. The second kappa shape index (κ2) is 4.61. The summed E-state index contributed by atoms with van der Waals surface area (Å²) >= 11 is 3.22. The van der Waals surface area contributed by atoms with E-state index in [1.165, 1.54) is 18.4 Å². The van der Waals surface area contributed by atoms with Crippen LogP contribution in [0.25, 0.3) is 0 Å². The Bertz CT molecular complexity index is 457. The first-order valence-corrected chi connectivity index (χ1v) is 6.54. The molecule has 0 radical (unpaired) electrons. The third-order valence-electron chi connectivity index (χ3n) is 1.99. The van der Waals surface area contributed by atoms with Crippen molar-refractivity contribution in [3.8, 4) is 0 Å². The Morgan fingerprint density at radius 2 is 2.00 bits per heavy atom. The van der Waals surface area contributed by atoms with Crippen LogP contribution in [-0.2, 0) is 16.6 Å². The summed E-state index contributed by atoms with van der Waals surface area (Å²) in [5, 5.41) is 0. The standard InChI is InChI=1S/C9H13BrN2O2S/c1-12(2)15(13,14)9-5-7(6-11)3-4-8(9)10/h3-5H,6,11H2,1-2H3. The molecule has 0 aliphatic carbocycles. The lowest BCUT2D eigenvalue weighted by Gasteiger charge is -2.13. The van der Waals surface area contributed by atoms with E-state index in [-0.39, 0.29) is 4.90 Å². The fourth-order valence-electron chi connectivity index (χ4n) is 1.07. The van der Waals surface area contributed by atoms with E-state index in [4.69, 9.17) is 5.73 Å². The molecule has 0 saturated carbocycles. The highest BCUT2D eigenvalue weighted by Gasteiger charge is 2.20. The molecule has 15 heavy (non-hydrogen) atoms. The molecule has 0 heterocycles. The lowest BCUT2D eigenvalue weighted by molar-refractivity contribution is 0.520. The van der Waals surface area contributed by atoms with Crippen LogP contribution in [-0.4, -0.2) is 26.8 Å². The van der Waals surface area contributed by atoms with Gasteiger partial charge < -0.3 is 5.73 Å². The van der Waals surface area contributed by atoms with Gasteiger partial charge in [0.1, 0.15) is 0 Å². The number of hydrogen-bond acceptors (Lipinski definition) is 3. The normalized spacial score (nSPS) is 12.1. The van der Waals surface area contributed by atoms with Gasteiger partial charge in [0.25, 0.3) is 0 Å². The van der Waals surface area contributed by atoms with Gasteiger partial charge in [0.2, 0.25) is 10.0 Å². The van der Waals surface area contributed by atoms with Gasteiger partial charge in [0.15, 0.2) is 0 Å². The fraction of sp³-hybridized carbons (Fsp3) is 0.333. The zero-order valence-corrected chi connectivity index (χ0v) is 11.0. The Morgan fingerprint density at radius 3 is 2.47 bits per heavy atom. The molecular formula is C9H13BrN2O2S. The summed E-state index contributed by atoms with van der Waals surface area (Å²) in [5.41, 5.74) is 6.25. The molecule has 0 aliphatic heterocycles. The van der Waals surface area contributed by atoms with Crippen LogP contribution >= 0.6 is 15.9 Å². The van der Waals surface area contributed by atoms with Crippen molar-refractivity contribution >= 4 is 26.0 Å². The van der Waals surface area contributed by atoms with Gasteiger partial charge in [-0.15, -0.1) is 0 Å². The van der Waals surface area contributed by atoms with Gasteiger partial charge in [0.05, 0.1) is 4.90 Å². The van der Waals surface area contributed by atoms with Crippen molar-refractivity contribution in [1.82, 2.24) is 4.31 Å². The molecule has 0 aromatic heterocycles. The number of nitrogens with two attached hydrogens (primary N) is 1. The molecule has 1 aromatic carbocycles. The minimum absolute atomic E-state index is 0.246. The van der Waals surface area contributed by atoms with E-state index in [9.17, 15) is 8.42 Å². The predicted molar refractivity (Wildman–Crippen MR) is 62.9 cm³/mol. The second-order valence-corrected chi connectivity index (χ2v) is 6.23. The number of sulfonamides is 1. The van der Waals surface area contributed by atoms with E-state index in [2.05, 4.69) is 15.9 Å². The number of hydrogen-bond donors (Lipinski definition) is 1. The largest absolute Gasteiger partial charge is 0.326 e. The van der Waals surface area contributed by atoms with Crippen molar-refractivity contribution in [2.45, 2.75) is 11.4 Å². The van der Waals surface area contributed by atoms with Crippen LogP contribution in [0.5, 0.6) is 0 Å². The van der Waals surface area contributed by atoms with Crippen molar-refractivity contribution in [3.63, 3.8) is 0 Å². The highest BCUT2D eigenvalue weighted by molar-refractivity contribution is 9.10. The molecule has 0 bridgehead atoms. The van der Waals surface area contributed by atoms with E-state index in [0.717, 1.165) is 5.56 Å². The average molecular weight is 293 g/mol. The highest BCUT2D eigenvalue weighted by Crippen LogP contribution is 2.24. The van der Waals surface area contributed by atoms with Crippen LogP contribution in [0.3, 0.4) is 0 Å². The van der Waals surface area contributed by atoms with Crippen molar-refractivity contribution in [1.29, 1.82) is 0 Å². The quantitative estimate of drug-likeness (QED) is 0.909. The molecule has 0 aliphatic rings. The van der Waals surface area contributed by atoms with Crippen LogP contribution in [0, 0.1) is 0 Å². The summed E-state index contributed by atoms with van der Waals surface area (Å²) in [6.45, 7) is 0.323. The van der Waals surface area contributed by atoms with E-state index in [1.807, 2.05) is 0 Å². The molecule has 1 aromatic rings. The van der Waals surface area contributed by atoms with Crippen LogP contribution in [0.2, 0.25) is 0 Å². The van der Waals surface area contributed by atoms with Crippen molar-refractivity contribution in [2.24, 2.45) is 5.73 Å². The van der Waals surface area contributed by atoms with E-state index in [1.54, 1.807) is 18.2 Å². The lowest BCUT2D eigenvalue weighted by Crippen LogP contribution is -2.22.